The van der Waals surface area contributed by atoms with Gasteiger partial charge in [0, 0.05) is 0 Å². The van der Waals surface area contributed by atoms with Crippen molar-refractivity contribution in [2.75, 3.05) is 13.2 Å². The van der Waals surface area contributed by atoms with Crippen LogP contribution in [-0.4, -0.2) is 24.3 Å². The van der Waals surface area contributed by atoms with Gasteiger partial charge in [0.25, 0.3) is 0 Å². The van der Waals surface area contributed by atoms with Crippen LogP contribution in [0, 0.1) is 0 Å². The normalized spacial score (nSPS) is 9.40. The summed E-state index contributed by atoms with van der Waals surface area (Å²) in [6, 6.07) is 8.79. The highest BCUT2D eigenvalue weighted by atomic mass is 16.6. The topological polar surface area (TPSA) is 55.8 Å². The van der Waals surface area contributed by atoms with Crippen LogP contribution in [-0.2, 0) is 9.53 Å². The summed E-state index contributed by atoms with van der Waals surface area (Å²) in [4.78, 5) is 11.1. The Labute approximate surface area is 87.7 Å². The molecule has 0 amide bonds. The molecule has 1 rings (SSSR count). The molecule has 0 saturated carbocycles. The minimum absolute atomic E-state index is 0.0595. The van der Waals surface area contributed by atoms with Gasteiger partial charge in [-0.2, -0.15) is 0 Å². The van der Waals surface area contributed by atoms with E-state index in [9.17, 15) is 4.79 Å². The lowest BCUT2D eigenvalue weighted by molar-refractivity contribution is -0.142. The molecule has 1 aromatic carbocycles. The monoisotopic (exact) mass is 208 g/mol. The van der Waals surface area contributed by atoms with Gasteiger partial charge in [-0.15, -0.1) is 0 Å². The summed E-state index contributed by atoms with van der Waals surface area (Å²) in [6.07, 6.45) is 0. The summed E-state index contributed by atoms with van der Waals surface area (Å²) in [5.41, 5.74) is 0. The van der Waals surface area contributed by atoms with Crippen LogP contribution in [0.25, 0.3) is 0 Å². The minimum atomic E-state index is -0.673. The Kier molecular flexibility index (Phi) is 4.37. The SMILES string of the molecule is C=C(Oc1ccccc1)C(=O)OCCO. The van der Waals surface area contributed by atoms with Crippen molar-refractivity contribution in [3.05, 3.63) is 42.7 Å². The third-order valence-corrected chi connectivity index (χ3v) is 1.54. The van der Waals surface area contributed by atoms with E-state index in [0.717, 1.165) is 0 Å². The maximum absolute atomic E-state index is 11.1. The van der Waals surface area contributed by atoms with Crippen LogP contribution in [0.1, 0.15) is 0 Å². The molecule has 15 heavy (non-hydrogen) atoms. The average Bonchev–Trinajstić information content (AvgIpc) is 2.27. The van der Waals surface area contributed by atoms with Crippen molar-refractivity contribution in [3.8, 4) is 5.75 Å². The van der Waals surface area contributed by atoms with Crippen molar-refractivity contribution in [1.82, 2.24) is 0 Å². The molecule has 4 heteroatoms. The maximum Gasteiger partial charge on any atom is 0.373 e. The predicted molar refractivity (Wildman–Crippen MR) is 54.3 cm³/mol. The molecule has 0 atom stereocenters. The van der Waals surface area contributed by atoms with Gasteiger partial charge < -0.3 is 14.6 Å². The number of aliphatic hydroxyl groups is 1. The summed E-state index contributed by atoms with van der Waals surface area (Å²) in [6.45, 7) is 3.15. The van der Waals surface area contributed by atoms with Crippen molar-refractivity contribution in [1.29, 1.82) is 0 Å². The van der Waals surface area contributed by atoms with Gasteiger partial charge in [-0.05, 0) is 18.7 Å². The second kappa shape index (κ2) is 5.82. The molecule has 4 nitrogen and oxygen atoms in total. The number of hydrogen-bond acceptors (Lipinski definition) is 4. The van der Waals surface area contributed by atoms with Gasteiger partial charge in [-0.1, -0.05) is 18.2 Å². The summed E-state index contributed by atoms with van der Waals surface area (Å²) < 4.78 is 9.73. The first-order valence-electron chi connectivity index (χ1n) is 4.44. The fourth-order valence-corrected chi connectivity index (χ4v) is 0.891. The number of carbonyl (C=O) groups excluding carboxylic acids is 1. The van der Waals surface area contributed by atoms with Gasteiger partial charge in [0.1, 0.15) is 12.4 Å². The van der Waals surface area contributed by atoms with E-state index in [0.29, 0.717) is 5.75 Å². The minimum Gasteiger partial charge on any atom is -0.457 e. The first kappa shape index (κ1) is 11.3. The molecule has 0 saturated heterocycles. The van der Waals surface area contributed by atoms with Crippen molar-refractivity contribution in [2.24, 2.45) is 0 Å². The van der Waals surface area contributed by atoms with Crippen LogP contribution >= 0.6 is 0 Å². The van der Waals surface area contributed by atoms with Gasteiger partial charge in [0.05, 0.1) is 6.61 Å². The fraction of sp³-hybridized carbons (Fsp3) is 0.182. The van der Waals surface area contributed by atoms with E-state index in [1.54, 1.807) is 24.3 Å². The highest BCUT2D eigenvalue weighted by molar-refractivity contribution is 5.86. The Morgan fingerprint density at radius 3 is 2.60 bits per heavy atom. The van der Waals surface area contributed by atoms with Crippen LogP contribution in [0.3, 0.4) is 0 Å². The van der Waals surface area contributed by atoms with Crippen LogP contribution < -0.4 is 4.74 Å². The van der Waals surface area contributed by atoms with Crippen LogP contribution in [0.2, 0.25) is 0 Å². The highest BCUT2D eigenvalue weighted by Gasteiger charge is 2.10. The largest absolute Gasteiger partial charge is 0.457 e. The summed E-state index contributed by atoms with van der Waals surface area (Å²) in [7, 11) is 0. The first-order valence-corrected chi connectivity index (χ1v) is 4.44. The second-order valence-electron chi connectivity index (χ2n) is 2.70. The van der Waals surface area contributed by atoms with Crippen molar-refractivity contribution < 1.29 is 19.4 Å². The van der Waals surface area contributed by atoms with Crippen molar-refractivity contribution >= 4 is 5.97 Å². The third-order valence-electron chi connectivity index (χ3n) is 1.54. The molecule has 1 aromatic rings. The van der Waals surface area contributed by atoms with Crippen LogP contribution in [0.5, 0.6) is 5.75 Å². The first-order chi connectivity index (χ1) is 7.24. The molecule has 0 aromatic heterocycles. The summed E-state index contributed by atoms with van der Waals surface area (Å²) in [5.74, 6) is -0.258. The molecule has 0 aliphatic carbocycles. The Morgan fingerprint density at radius 1 is 1.33 bits per heavy atom. The molecule has 0 bridgehead atoms. The Balaban J connectivity index is 2.45. The third kappa shape index (κ3) is 3.83. The molecule has 0 aliphatic heterocycles. The van der Waals surface area contributed by atoms with Gasteiger partial charge in [-0.3, -0.25) is 0 Å². The average molecular weight is 208 g/mol. The molecule has 0 aliphatic rings. The van der Waals surface area contributed by atoms with Crippen LogP contribution in [0.15, 0.2) is 42.7 Å². The number of para-hydroxylation sites is 1. The summed E-state index contributed by atoms with van der Waals surface area (Å²) in [5, 5.41) is 8.44. The lowest BCUT2D eigenvalue weighted by Crippen LogP contribution is -2.13. The molecular formula is C11H12O4. The fourth-order valence-electron chi connectivity index (χ4n) is 0.891. The van der Waals surface area contributed by atoms with E-state index >= 15 is 0 Å². The lowest BCUT2D eigenvalue weighted by Gasteiger charge is -2.07. The van der Waals surface area contributed by atoms with Gasteiger partial charge in [-0.25, -0.2) is 4.79 Å². The zero-order chi connectivity index (χ0) is 11.1. The Hall–Kier alpha value is -1.81. The van der Waals surface area contributed by atoms with E-state index in [1.165, 1.54) is 0 Å². The van der Waals surface area contributed by atoms with E-state index in [4.69, 9.17) is 9.84 Å². The number of esters is 1. The molecular weight excluding hydrogens is 196 g/mol. The van der Waals surface area contributed by atoms with Gasteiger partial charge in [0.2, 0.25) is 5.76 Å². The van der Waals surface area contributed by atoms with E-state index < -0.39 is 5.97 Å². The second-order valence-corrected chi connectivity index (χ2v) is 2.70. The quantitative estimate of drug-likeness (QED) is 0.447. The number of hydrogen-bond donors (Lipinski definition) is 1. The molecule has 80 valence electrons. The Bertz CT molecular complexity index is 332. The molecule has 0 heterocycles. The molecule has 0 fully saturated rings. The van der Waals surface area contributed by atoms with E-state index in [2.05, 4.69) is 11.3 Å². The highest BCUT2D eigenvalue weighted by Crippen LogP contribution is 2.12. The number of aliphatic hydroxyl groups excluding tert-OH is 1. The van der Waals surface area contributed by atoms with E-state index in [1.807, 2.05) is 6.07 Å². The van der Waals surface area contributed by atoms with Crippen molar-refractivity contribution in [2.45, 2.75) is 0 Å². The smallest absolute Gasteiger partial charge is 0.373 e. The standard InChI is InChI=1S/C11H12O4/c1-9(11(13)14-8-7-12)15-10-5-3-2-4-6-10/h2-6,12H,1,7-8H2. The molecule has 0 unspecified atom stereocenters. The predicted octanol–water partition coefficient (Wildman–Crippen LogP) is 1.11. The molecule has 0 spiro atoms. The maximum atomic E-state index is 11.1. The molecule has 1 N–H and O–H groups in total. The number of rotatable bonds is 5. The number of carbonyl (C=O) groups is 1. The summed E-state index contributed by atoms with van der Waals surface area (Å²) >= 11 is 0. The van der Waals surface area contributed by atoms with Gasteiger partial charge in [0.15, 0.2) is 0 Å². The zero-order valence-corrected chi connectivity index (χ0v) is 8.18. The zero-order valence-electron chi connectivity index (χ0n) is 8.18. The lowest BCUT2D eigenvalue weighted by atomic mass is 10.3. The van der Waals surface area contributed by atoms with E-state index in [-0.39, 0.29) is 19.0 Å². The Morgan fingerprint density at radius 2 is 2.00 bits per heavy atom. The van der Waals surface area contributed by atoms with Crippen LogP contribution in [0.4, 0.5) is 0 Å². The van der Waals surface area contributed by atoms with Gasteiger partial charge >= 0.3 is 5.97 Å². The number of benzene rings is 1. The number of ether oxygens (including phenoxy) is 2. The van der Waals surface area contributed by atoms with Crippen molar-refractivity contribution in [3.63, 3.8) is 0 Å². The molecule has 0 radical (unpaired) electrons.